The van der Waals surface area contributed by atoms with E-state index in [1.54, 1.807) is 7.11 Å². The van der Waals surface area contributed by atoms with Crippen LogP contribution >= 0.6 is 17.0 Å². The first-order valence-corrected chi connectivity index (χ1v) is 4.14. The van der Waals surface area contributed by atoms with E-state index in [1.807, 2.05) is 18.2 Å². The van der Waals surface area contributed by atoms with Gasteiger partial charge in [0.15, 0.2) is 0 Å². The molecule has 0 spiro atoms. The maximum absolute atomic E-state index is 4.90. The number of hydrogen-bond acceptors (Lipinski definition) is 2. The van der Waals surface area contributed by atoms with Crippen molar-refractivity contribution in [3.05, 3.63) is 18.2 Å². The zero-order valence-electron chi connectivity index (χ0n) is 5.70. The number of methoxy groups -OCH3 is 1. The van der Waals surface area contributed by atoms with E-state index in [2.05, 4.69) is 4.98 Å². The van der Waals surface area contributed by atoms with Gasteiger partial charge in [-0.15, -0.1) is 17.0 Å². The fraction of sp³-hybridized carbons (Fsp3) is 0.167. The molecule has 0 unspecified atom stereocenters. The fourth-order valence-corrected chi connectivity index (χ4v) is 1.18. The van der Waals surface area contributed by atoms with Crippen molar-refractivity contribution in [2.24, 2.45) is 0 Å². The second kappa shape index (κ2) is 4.81. The molecule has 0 aromatic carbocycles. The van der Waals surface area contributed by atoms with Gasteiger partial charge >= 0.3 is 63.5 Å². The molecule has 0 aliphatic rings. The third kappa shape index (κ3) is 2.76. The Morgan fingerprint density at radius 3 is 2.60 bits per heavy atom. The number of halogens is 1. The van der Waals surface area contributed by atoms with Crippen LogP contribution in [0.15, 0.2) is 18.2 Å². The maximum atomic E-state index is 4.90. The summed E-state index contributed by atoms with van der Waals surface area (Å²) in [4.78, 5) is 4.12. The van der Waals surface area contributed by atoms with E-state index in [0.29, 0.717) is 5.88 Å². The first-order valence-electron chi connectivity index (χ1n) is 2.66. The van der Waals surface area contributed by atoms with Crippen molar-refractivity contribution in [1.82, 2.24) is 4.98 Å². The van der Waals surface area contributed by atoms with Crippen LogP contribution in [0.4, 0.5) is 0 Å². The van der Waals surface area contributed by atoms with Gasteiger partial charge in [0.05, 0.1) is 0 Å². The Hall–Kier alpha value is 0.0534. The van der Waals surface area contributed by atoms with Crippen LogP contribution in [0.3, 0.4) is 0 Å². The Bertz CT molecular complexity index is 207. The van der Waals surface area contributed by atoms with E-state index in [-0.39, 0.29) is 17.0 Å². The molecule has 10 heavy (non-hydrogen) atoms. The summed E-state index contributed by atoms with van der Waals surface area (Å²) < 4.78 is 6.01. The zero-order valence-corrected chi connectivity index (χ0v) is 10.4. The Morgan fingerprint density at radius 1 is 1.50 bits per heavy atom. The molecule has 0 radical (unpaired) electrons. The molecular weight excluding hydrogens is 247 g/mol. The summed E-state index contributed by atoms with van der Waals surface area (Å²) >= 11 is 1.08. The van der Waals surface area contributed by atoms with Gasteiger partial charge in [-0.3, -0.25) is 0 Å². The van der Waals surface area contributed by atoms with Gasteiger partial charge in [0.2, 0.25) is 0 Å². The minimum atomic E-state index is 0. The minimum absolute atomic E-state index is 0. The van der Waals surface area contributed by atoms with E-state index in [9.17, 15) is 0 Å². The number of rotatable bonds is 1. The van der Waals surface area contributed by atoms with Crippen molar-refractivity contribution < 1.29 is 23.0 Å². The van der Waals surface area contributed by atoms with E-state index >= 15 is 0 Å². The van der Waals surface area contributed by atoms with E-state index in [1.165, 1.54) is 0 Å². The van der Waals surface area contributed by atoms with E-state index in [4.69, 9.17) is 4.74 Å². The molecule has 1 rings (SSSR count). The monoisotopic (exact) mass is 252 g/mol. The van der Waals surface area contributed by atoms with Gasteiger partial charge in [-0.05, 0) is 0 Å². The molecule has 51 valence electrons. The Balaban J connectivity index is 0.000000810. The van der Waals surface area contributed by atoms with Crippen molar-refractivity contribution >= 4 is 21.3 Å². The van der Waals surface area contributed by atoms with Crippen LogP contribution in [0.1, 0.15) is 0 Å². The van der Waals surface area contributed by atoms with Crippen molar-refractivity contribution in [2.45, 2.75) is 0 Å². The Kier molecular flexibility index (Phi) is 4.83. The van der Waals surface area contributed by atoms with Gasteiger partial charge < -0.3 is 0 Å². The van der Waals surface area contributed by atoms with Crippen LogP contribution in [0.5, 0.6) is 5.88 Å². The molecule has 0 fully saturated rings. The molecule has 0 aliphatic heterocycles. The predicted molar refractivity (Wildman–Crippen MR) is 40.7 cm³/mol. The van der Waals surface area contributed by atoms with Gasteiger partial charge in [-0.1, -0.05) is 0 Å². The van der Waals surface area contributed by atoms with Crippen molar-refractivity contribution in [2.75, 3.05) is 7.11 Å². The van der Waals surface area contributed by atoms with Crippen LogP contribution < -0.4 is 9.03 Å². The standard InChI is InChI=1S/C6H6NO.BrH.Zn/c1-8-6-4-2-3-5-7-6;;/h2-4H,1H3;1H;. The second-order valence-corrected chi connectivity index (χ2v) is 3.19. The number of aromatic nitrogens is 1. The first kappa shape index (κ1) is 10.1. The molecule has 0 saturated heterocycles. The molecule has 0 aliphatic carbocycles. The molecule has 0 saturated carbocycles. The normalized spacial score (nSPS) is 8.30. The second-order valence-electron chi connectivity index (χ2n) is 1.67. The summed E-state index contributed by atoms with van der Waals surface area (Å²) in [6, 6.07) is 5.78. The van der Waals surface area contributed by atoms with Gasteiger partial charge in [0.1, 0.15) is 0 Å². The summed E-state index contributed by atoms with van der Waals surface area (Å²) in [5.41, 5.74) is 0. The average molecular weight is 254 g/mol. The molecule has 0 amide bonds. The van der Waals surface area contributed by atoms with Gasteiger partial charge in [0.25, 0.3) is 0 Å². The summed E-state index contributed by atoms with van der Waals surface area (Å²) in [6.45, 7) is 0. The number of pyridine rings is 1. The summed E-state index contributed by atoms with van der Waals surface area (Å²) in [6.07, 6.45) is 0. The van der Waals surface area contributed by atoms with Crippen LogP contribution in [0, 0.1) is 0 Å². The molecule has 1 aromatic rings. The Morgan fingerprint density at radius 2 is 2.20 bits per heavy atom. The third-order valence-corrected chi connectivity index (χ3v) is 1.82. The van der Waals surface area contributed by atoms with Gasteiger partial charge in [-0.2, -0.15) is 0 Å². The van der Waals surface area contributed by atoms with E-state index in [0.717, 1.165) is 22.6 Å². The number of nitrogens with zero attached hydrogens (tertiary/aromatic N) is 1. The van der Waals surface area contributed by atoms with Gasteiger partial charge in [-0.25, -0.2) is 0 Å². The SMILES string of the molecule is Br.COc1ccc[c]([Zn])n1. The van der Waals surface area contributed by atoms with Crippen LogP contribution in [-0.4, -0.2) is 12.1 Å². The molecule has 1 heterocycles. The summed E-state index contributed by atoms with van der Waals surface area (Å²) in [5.74, 6) is 0.707. The molecule has 0 atom stereocenters. The van der Waals surface area contributed by atoms with Crippen molar-refractivity contribution in [3.8, 4) is 5.88 Å². The zero-order chi connectivity index (χ0) is 6.69. The van der Waals surface area contributed by atoms with Crippen molar-refractivity contribution in [3.63, 3.8) is 0 Å². The van der Waals surface area contributed by atoms with Crippen molar-refractivity contribution in [1.29, 1.82) is 0 Å². The quantitative estimate of drug-likeness (QED) is 0.693. The fourth-order valence-electron chi connectivity index (χ4n) is 0.571. The number of ether oxygens (including phenoxy) is 1. The molecule has 2 nitrogen and oxygen atoms in total. The van der Waals surface area contributed by atoms with Crippen LogP contribution in [0.2, 0.25) is 0 Å². The average Bonchev–Trinajstić information content (AvgIpc) is 1.88. The third-order valence-electron chi connectivity index (χ3n) is 0.990. The molecule has 1 aromatic heterocycles. The van der Waals surface area contributed by atoms with E-state index < -0.39 is 0 Å². The summed E-state index contributed by atoms with van der Waals surface area (Å²) in [7, 11) is 1.63. The molecule has 0 N–H and O–H groups in total. The van der Waals surface area contributed by atoms with Gasteiger partial charge in [0, 0.05) is 0 Å². The molecule has 4 heteroatoms. The first-order chi connectivity index (χ1) is 4.33. The summed E-state index contributed by atoms with van der Waals surface area (Å²) in [5, 5.41) is 0. The molecular formula is C6H7BrNOZn. The van der Waals surface area contributed by atoms with Crippen LogP contribution in [-0.2, 0) is 18.3 Å². The predicted octanol–water partition coefficient (Wildman–Crippen LogP) is 0.840. The molecule has 0 bridgehead atoms. The Labute approximate surface area is 80.4 Å². The number of hydrogen-bond donors (Lipinski definition) is 0. The van der Waals surface area contributed by atoms with Crippen LogP contribution in [0.25, 0.3) is 0 Å². The topological polar surface area (TPSA) is 22.1 Å².